The minimum Gasteiger partial charge on any atom is -0.497 e. The first-order chi connectivity index (χ1) is 14.4. The Morgan fingerprint density at radius 2 is 1.97 bits per heavy atom. The number of amides is 1. The zero-order valence-electron chi connectivity index (χ0n) is 17.5. The maximum atomic E-state index is 12.6. The van der Waals surface area contributed by atoms with E-state index in [0.717, 1.165) is 22.8 Å². The number of halogens is 1. The molecule has 0 bridgehead atoms. The Hall–Kier alpha value is -2.51. The molecule has 1 heterocycles. The van der Waals surface area contributed by atoms with Crippen molar-refractivity contribution in [2.45, 2.75) is 44.1 Å². The standard InChI is InChI=1S/C22H25ClN4O2S/c1-5-14(2)30-22-26-25-20(27(22)19-8-6-7-18(23)15(19)3)13-24-21(28)16-9-11-17(29-4)12-10-16/h6-12,14H,5,13H2,1-4H3,(H,24,28)/t14-/m1/s1. The van der Waals surface area contributed by atoms with Gasteiger partial charge in [-0.25, -0.2) is 0 Å². The van der Waals surface area contributed by atoms with Crippen molar-refractivity contribution in [1.82, 2.24) is 20.1 Å². The van der Waals surface area contributed by atoms with E-state index in [9.17, 15) is 4.79 Å². The number of carbonyl (C=O) groups is 1. The van der Waals surface area contributed by atoms with Crippen LogP contribution in [0.4, 0.5) is 0 Å². The second-order valence-electron chi connectivity index (χ2n) is 6.87. The third kappa shape index (κ3) is 4.96. The van der Waals surface area contributed by atoms with Crippen molar-refractivity contribution in [3.8, 4) is 11.4 Å². The Balaban J connectivity index is 1.88. The third-order valence-electron chi connectivity index (χ3n) is 4.82. The first kappa shape index (κ1) is 22.2. The number of hydrogen-bond acceptors (Lipinski definition) is 5. The quantitative estimate of drug-likeness (QED) is 0.492. The summed E-state index contributed by atoms with van der Waals surface area (Å²) in [5.41, 5.74) is 2.40. The van der Waals surface area contributed by atoms with Gasteiger partial charge in [0.15, 0.2) is 11.0 Å². The highest BCUT2D eigenvalue weighted by atomic mass is 35.5. The van der Waals surface area contributed by atoms with Crippen molar-refractivity contribution in [2.24, 2.45) is 0 Å². The summed E-state index contributed by atoms with van der Waals surface area (Å²) in [5.74, 6) is 1.16. The highest BCUT2D eigenvalue weighted by Crippen LogP contribution is 2.30. The van der Waals surface area contributed by atoms with Gasteiger partial charge in [0.25, 0.3) is 5.91 Å². The van der Waals surface area contributed by atoms with E-state index < -0.39 is 0 Å². The molecular formula is C22H25ClN4O2S. The molecule has 3 aromatic rings. The molecule has 0 saturated carbocycles. The van der Waals surface area contributed by atoms with Gasteiger partial charge in [-0.2, -0.15) is 0 Å². The first-order valence-electron chi connectivity index (χ1n) is 9.73. The fraction of sp³-hybridized carbons (Fsp3) is 0.318. The predicted octanol–water partition coefficient (Wildman–Crippen LogP) is 5.06. The van der Waals surface area contributed by atoms with Gasteiger partial charge in [-0.15, -0.1) is 10.2 Å². The molecule has 6 nitrogen and oxygen atoms in total. The molecule has 158 valence electrons. The molecule has 3 rings (SSSR count). The summed E-state index contributed by atoms with van der Waals surface area (Å²) in [6.45, 7) is 6.50. The summed E-state index contributed by atoms with van der Waals surface area (Å²) < 4.78 is 7.12. The van der Waals surface area contributed by atoms with Crippen molar-refractivity contribution in [3.05, 3.63) is 64.4 Å². The Bertz CT molecular complexity index is 1020. The van der Waals surface area contributed by atoms with Gasteiger partial charge in [0, 0.05) is 15.8 Å². The lowest BCUT2D eigenvalue weighted by atomic mass is 10.2. The maximum absolute atomic E-state index is 12.6. The van der Waals surface area contributed by atoms with Crippen molar-refractivity contribution in [2.75, 3.05) is 7.11 Å². The van der Waals surface area contributed by atoms with E-state index in [2.05, 4.69) is 29.4 Å². The van der Waals surface area contributed by atoms with E-state index in [4.69, 9.17) is 16.3 Å². The van der Waals surface area contributed by atoms with Gasteiger partial charge in [0.05, 0.1) is 19.3 Å². The van der Waals surface area contributed by atoms with E-state index in [1.807, 2.05) is 29.7 Å². The molecule has 0 saturated heterocycles. The van der Waals surface area contributed by atoms with Gasteiger partial charge in [0.2, 0.25) is 0 Å². The van der Waals surface area contributed by atoms with Gasteiger partial charge in [-0.3, -0.25) is 9.36 Å². The fourth-order valence-corrected chi connectivity index (χ4v) is 3.93. The van der Waals surface area contributed by atoms with Crippen LogP contribution in [0.5, 0.6) is 5.75 Å². The summed E-state index contributed by atoms with van der Waals surface area (Å²) in [5, 5.41) is 13.5. The maximum Gasteiger partial charge on any atom is 0.251 e. The summed E-state index contributed by atoms with van der Waals surface area (Å²) in [4.78, 5) is 12.6. The van der Waals surface area contributed by atoms with E-state index in [-0.39, 0.29) is 12.5 Å². The molecule has 30 heavy (non-hydrogen) atoms. The SMILES string of the molecule is CC[C@@H](C)Sc1nnc(CNC(=O)c2ccc(OC)cc2)n1-c1cccc(Cl)c1C. The smallest absolute Gasteiger partial charge is 0.251 e. The number of ether oxygens (including phenoxy) is 1. The second kappa shape index (κ2) is 10.00. The van der Waals surface area contributed by atoms with Crippen LogP contribution in [0.25, 0.3) is 5.69 Å². The normalized spacial score (nSPS) is 11.9. The largest absolute Gasteiger partial charge is 0.497 e. The number of rotatable bonds is 8. The predicted molar refractivity (Wildman–Crippen MR) is 121 cm³/mol. The molecule has 2 aromatic carbocycles. The van der Waals surface area contributed by atoms with E-state index in [1.54, 1.807) is 43.1 Å². The van der Waals surface area contributed by atoms with Crippen LogP contribution >= 0.6 is 23.4 Å². The molecule has 0 unspecified atom stereocenters. The van der Waals surface area contributed by atoms with Gasteiger partial charge in [-0.1, -0.05) is 43.3 Å². The van der Waals surface area contributed by atoms with Gasteiger partial charge < -0.3 is 10.1 Å². The van der Waals surface area contributed by atoms with Gasteiger partial charge in [0.1, 0.15) is 5.75 Å². The molecule has 1 atom stereocenters. The van der Waals surface area contributed by atoms with Crippen LogP contribution in [0.2, 0.25) is 5.02 Å². The van der Waals surface area contributed by atoms with E-state index >= 15 is 0 Å². The van der Waals surface area contributed by atoms with Crippen LogP contribution in [-0.2, 0) is 6.54 Å². The topological polar surface area (TPSA) is 69.0 Å². The molecule has 1 N–H and O–H groups in total. The van der Waals surface area contributed by atoms with Crippen LogP contribution in [-0.4, -0.2) is 33.0 Å². The number of nitrogens with zero attached hydrogens (tertiary/aromatic N) is 3. The molecule has 0 aliphatic heterocycles. The third-order valence-corrected chi connectivity index (χ3v) is 6.44. The van der Waals surface area contributed by atoms with Crippen molar-refractivity contribution in [3.63, 3.8) is 0 Å². The van der Waals surface area contributed by atoms with Crippen LogP contribution in [0.1, 0.15) is 42.0 Å². The number of benzene rings is 2. The van der Waals surface area contributed by atoms with Crippen molar-refractivity contribution >= 4 is 29.3 Å². The Kier molecular flexibility index (Phi) is 7.39. The molecule has 8 heteroatoms. The zero-order chi connectivity index (χ0) is 21.7. The Morgan fingerprint density at radius 1 is 1.23 bits per heavy atom. The summed E-state index contributed by atoms with van der Waals surface area (Å²) >= 11 is 8.01. The second-order valence-corrected chi connectivity index (χ2v) is 8.68. The first-order valence-corrected chi connectivity index (χ1v) is 11.0. The van der Waals surface area contributed by atoms with Crippen molar-refractivity contribution in [1.29, 1.82) is 0 Å². The lowest BCUT2D eigenvalue weighted by Crippen LogP contribution is -2.24. The average molecular weight is 445 g/mol. The minimum absolute atomic E-state index is 0.189. The highest BCUT2D eigenvalue weighted by molar-refractivity contribution is 7.99. The lowest BCUT2D eigenvalue weighted by molar-refractivity contribution is 0.0949. The Labute approximate surface area is 186 Å². The number of carbonyl (C=O) groups excluding carboxylic acids is 1. The number of nitrogens with one attached hydrogen (secondary N) is 1. The minimum atomic E-state index is -0.189. The van der Waals surface area contributed by atoms with Crippen LogP contribution in [0, 0.1) is 6.92 Å². The lowest BCUT2D eigenvalue weighted by Gasteiger charge is -2.15. The monoisotopic (exact) mass is 444 g/mol. The molecule has 0 radical (unpaired) electrons. The highest BCUT2D eigenvalue weighted by Gasteiger charge is 2.19. The molecular weight excluding hydrogens is 420 g/mol. The summed E-state index contributed by atoms with van der Waals surface area (Å²) in [6.07, 6.45) is 1.01. The molecule has 0 aliphatic carbocycles. The molecule has 0 fully saturated rings. The van der Waals surface area contributed by atoms with E-state index in [1.165, 1.54) is 0 Å². The summed E-state index contributed by atoms with van der Waals surface area (Å²) in [7, 11) is 1.59. The molecule has 0 aliphatic rings. The number of thioether (sulfide) groups is 1. The zero-order valence-corrected chi connectivity index (χ0v) is 19.0. The van der Waals surface area contributed by atoms with Crippen LogP contribution < -0.4 is 10.1 Å². The number of hydrogen-bond donors (Lipinski definition) is 1. The number of aromatic nitrogens is 3. The fourth-order valence-electron chi connectivity index (χ4n) is 2.84. The van der Waals surface area contributed by atoms with Crippen LogP contribution in [0.3, 0.4) is 0 Å². The molecule has 1 amide bonds. The van der Waals surface area contributed by atoms with Gasteiger partial charge in [-0.05, 0) is 55.3 Å². The average Bonchev–Trinajstić information content (AvgIpc) is 3.15. The molecule has 1 aromatic heterocycles. The Morgan fingerprint density at radius 3 is 2.63 bits per heavy atom. The summed E-state index contributed by atoms with van der Waals surface area (Å²) in [6, 6.07) is 12.7. The molecule has 0 spiro atoms. The van der Waals surface area contributed by atoms with Crippen LogP contribution in [0.15, 0.2) is 47.6 Å². The van der Waals surface area contributed by atoms with Crippen molar-refractivity contribution < 1.29 is 9.53 Å². The van der Waals surface area contributed by atoms with Gasteiger partial charge >= 0.3 is 0 Å². The van der Waals surface area contributed by atoms with E-state index in [0.29, 0.717) is 27.4 Å². The number of methoxy groups -OCH3 is 1.